The van der Waals surface area contributed by atoms with Crippen molar-refractivity contribution in [2.24, 2.45) is 0 Å². The molecule has 1 fully saturated rings. The zero-order valence-electron chi connectivity index (χ0n) is 14.4. The number of hydrogen-bond acceptors (Lipinski definition) is 1. The van der Waals surface area contributed by atoms with Crippen molar-refractivity contribution in [1.29, 1.82) is 0 Å². The van der Waals surface area contributed by atoms with Crippen molar-refractivity contribution >= 4 is 6.03 Å². The van der Waals surface area contributed by atoms with E-state index in [9.17, 15) is 4.79 Å². The molecule has 1 aliphatic rings. The molecule has 0 bridgehead atoms. The van der Waals surface area contributed by atoms with E-state index in [1.807, 2.05) is 36.1 Å². The number of benzene rings is 2. The van der Waals surface area contributed by atoms with Crippen LogP contribution in [0.4, 0.5) is 4.79 Å². The van der Waals surface area contributed by atoms with Crippen LogP contribution < -0.4 is 5.32 Å². The maximum atomic E-state index is 12.6. The Kier molecular flexibility index (Phi) is 5.19. The number of carbonyl (C=O) groups excluding carboxylic acids is 1. The first-order valence-electron chi connectivity index (χ1n) is 8.86. The summed E-state index contributed by atoms with van der Waals surface area (Å²) < 4.78 is 0. The molecule has 24 heavy (non-hydrogen) atoms. The minimum absolute atomic E-state index is 0.0311. The summed E-state index contributed by atoms with van der Waals surface area (Å²) in [6.07, 6.45) is 3.55. The van der Waals surface area contributed by atoms with Crippen LogP contribution >= 0.6 is 0 Å². The van der Waals surface area contributed by atoms with E-state index in [2.05, 4.69) is 41.7 Å². The predicted octanol–water partition coefficient (Wildman–Crippen LogP) is 4.34. The number of rotatable bonds is 6. The number of carbonyl (C=O) groups is 1. The van der Waals surface area contributed by atoms with Crippen LogP contribution in [0, 0.1) is 0 Å². The molecule has 1 N–H and O–H groups in total. The maximum Gasteiger partial charge on any atom is 0.317 e. The number of nitrogens with one attached hydrogen (secondary N) is 1. The smallest absolute Gasteiger partial charge is 0.317 e. The summed E-state index contributed by atoms with van der Waals surface area (Å²) in [6.45, 7) is 4.11. The van der Waals surface area contributed by atoms with E-state index in [-0.39, 0.29) is 11.4 Å². The van der Waals surface area contributed by atoms with Gasteiger partial charge in [-0.15, -0.1) is 0 Å². The van der Waals surface area contributed by atoms with Crippen LogP contribution in [-0.4, -0.2) is 24.0 Å². The second kappa shape index (κ2) is 7.52. The van der Waals surface area contributed by atoms with Gasteiger partial charge in [-0.25, -0.2) is 4.79 Å². The van der Waals surface area contributed by atoms with Gasteiger partial charge >= 0.3 is 6.03 Å². The molecule has 2 aromatic rings. The Morgan fingerprint density at radius 3 is 2.21 bits per heavy atom. The maximum absolute atomic E-state index is 12.6. The van der Waals surface area contributed by atoms with E-state index in [4.69, 9.17) is 0 Å². The van der Waals surface area contributed by atoms with E-state index >= 15 is 0 Å². The van der Waals surface area contributed by atoms with Gasteiger partial charge in [-0.1, -0.05) is 67.1 Å². The molecule has 0 saturated heterocycles. The highest BCUT2D eigenvalue weighted by Gasteiger charge is 2.38. The molecule has 0 heterocycles. The van der Waals surface area contributed by atoms with Crippen LogP contribution in [0.3, 0.4) is 0 Å². The molecule has 2 aromatic carbocycles. The summed E-state index contributed by atoms with van der Waals surface area (Å²) in [5, 5.41) is 3.18. The zero-order valence-corrected chi connectivity index (χ0v) is 14.4. The van der Waals surface area contributed by atoms with E-state index in [1.54, 1.807) is 0 Å². The molecule has 1 saturated carbocycles. The van der Waals surface area contributed by atoms with E-state index in [1.165, 1.54) is 12.0 Å². The molecule has 0 radical (unpaired) electrons. The average molecular weight is 322 g/mol. The minimum atomic E-state index is 0.0311. The Bertz CT molecular complexity index is 650. The van der Waals surface area contributed by atoms with Gasteiger partial charge in [0.2, 0.25) is 0 Å². The van der Waals surface area contributed by atoms with Crippen molar-refractivity contribution in [2.45, 2.75) is 38.1 Å². The summed E-state index contributed by atoms with van der Waals surface area (Å²) in [5.41, 5.74) is 2.64. The Morgan fingerprint density at radius 1 is 1.04 bits per heavy atom. The van der Waals surface area contributed by atoms with Crippen molar-refractivity contribution in [3.05, 3.63) is 71.8 Å². The van der Waals surface area contributed by atoms with Gasteiger partial charge in [0.15, 0.2) is 0 Å². The molecule has 0 unspecified atom stereocenters. The Balaban J connectivity index is 1.61. The lowest BCUT2D eigenvalue weighted by molar-refractivity contribution is 0.183. The van der Waals surface area contributed by atoms with Crippen molar-refractivity contribution in [2.75, 3.05) is 13.1 Å². The van der Waals surface area contributed by atoms with Gasteiger partial charge in [0.1, 0.15) is 0 Å². The van der Waals surface area contributed by atoms with Gasteiger partial charge in [0, 0.05) is 25.0 Å². The fourth-order valence-electron chi connectivity index (χ4n) is 3.45. The van der Waals surface area contributed by atoms with Gasteiger partial charge in [-0.05, 0) is 30.9 Å². The zero-order chi connectivity index (χ0) is 16.8. The molecule has 3 rings (SSSR count). The predicted molar refractivity (Wildman–Crippen MR) is 97.9 cm³/mol. The highest BCUT2D eigenvalue weighted by atomic mass is 16.2. The molecular formula is C21H26N2O. The van der Waals surface area contributed by atoms with Gasteiger partial charge in [-0.3, -0.25) is 0 Å². The van der Waals surface area contributed by atoms with Crippen molar-refractivity contribution < 1.29 is 4.79 Å². The van der Waals surface area contributed by atoms with Crippen LogP contribution in [0.5, 0.6) is 0 Å². The van der Waals surface area contributed by atoms with E-state index in [0.29, 0.717) is 13.1 Å². The van der Waals surface area contributed by atoms with Gasteiger partial charge < -0.3 is 10.2 Å². The van der Waals surface area contributed by atoms with Crippen LogP contribution in [0.2, 0.25) is 0 Å². The molecular weight excluding hydrogens is 296 g/mol. The van der Waals surface area contributed by atoms with Crippen molar-refractivity contribution in [3.8, 4) is 0 Å². The fraction of sp³-hybridized carbons (Fsp3) is 0.381. The fourth-order valence-corrected chi connectivity index (χ4v) is 3.45. The first-order valence-corrected chi connectivity index (χ1v) is 8.86. The normalized spacial score (nSPS) is 15.4. The Hall–Kier alpha value is -2.29. The molecule has 0 atom stereocenters. The van der Waals surface area contributed by atoms with E-state index < -0.39 is 0 Å². The van der Waals surface area contributed by atoms with Crippen LogP contribution in [0.1, 0.15) is 37.3 Å². The SMILES string of the molecule is CCN(Cc1ccccc1)C(=O)NCC1(c2ccccc2)CCC1. The lowest BCUT2D eigenvalue weighted by Crippen LogP contribution is -2.49. The lowest BCUT2D eigenvalue weighted by atomic mass is 9.64. The number of amides is 2. The quantitative estimate of drug-likeness (QED) is 0.843. The Morgan fingerprint density at radius 2 is 1.67 bits per heavy atom. The van der Waals surface area contributed by atoms with Crippen molar-refractivity contribution in [1.82, 2.24) is 10.2 Å². The third-order valence-electron chi connectivity index (χ3n) is 5.16. The number of urea groups is 1. The summed E-state index contributed by atoms with van der Waals surface area (Å²) in [5.74, 6) is 0. The lowest BCUT2D eigenvalue weighted by Gasteiger charge is -2.43. The molecule has 0 aliphatic heterocycles. The van der Waals surface area contributed by atoms with Gasteiger partial charge in [-0.2, -0.15) is 0 Å². The topological polar surface area (TPSA) is 32.3 Å². The molecule has 0 spiro atoms. The first kappa shape index (κ1) is 16.6. The third-order valence-corrected chi connectivity index (χ3v) is 5.16. The molecule has 3 heteroatoms. The number of hydrogen-bond donors (Lipinski definition) is 1. The summed E-state index contributed by atoms with van der Waals surface area (Å²) in [6, 6.07) is 20.8. The largest absolute Gasteiger partial charge is 0.337 e. The van der Waals surface area contributed by atoms with E-state index in [0.717, 1.165) is 24.9 Å². The summed E-state index contributed by atoms with van der Waals surface area (Å²) >= 11 is 0. The van der Waals surface area contributed by atoms with Gasteiger partial charge in [0.05, 0.1) is 0 Å². The summed E-state index contributed by atoms with van der Waals surface area (Å²) in [4.78, 5) is 14.5. The standard InChI is InChI=1S/C21H26N2O/c1-2-23(16-18-10-5-3-6-11-18)20(24)22-17-21(14-9-15-21)19-12-7-4-8-13-19/h3-8,10-13H,2,9,14-17H2,1H3,(H,22,24). The van der Waals surface area contributed by atoms with Crippen LogP contribution in [0.25, 0.3) is 0 Å². The monoisotopic (exact) mass is 322 g/mol. The number of nitrogens with zero attached hydrogens (tertiary/aromatic N) is 1. The minimum Gasteiger partial charge on any atom is -0.337 e. The van der Waals surface area contributed by atoms with Crippen LogP contribution in [0.15, 0.2) is 60.7 Å². The highest BCUT2D eigenvalue weighted by molar-refractivity contribution is 5.74. The van der Waals surface area contributed by atoms with Crippen molar-refractivity contribution in [3.63, 3.8) is 0 Å². The second-order valence-corrected chi connectivity index (χ2v) is 6.66. The molecule has 2 amide bonds. The average Bonchev–Trinajstić information content (AvgIpc) is 2.60. The second-order valence-electron chi connectivity index (χ2n) is 6.66. The third kappa shape index (κ3) is 3.61. The molecule has 3 nitrogen and oxygen atoms in total. The Labute approximate surface area is 144 Å². The van der Waals surface area contributed by atoms with Gasteiger partial charge in [0.25, 0.3) is 0 Å². The first-order chi connectivity index (χ1) is 11.7. The highest BCUT2D eigenvalue weighted by Crippen LogP contribution is 2.43. The molecule has 0 aromatic heterocycles. The molecule has 1 aliphatic carbocycles. The molecule has 126 valence electrons. The van der Waals surface area contributed by atoms with Crippen LogP contribution in [-0.2, 0) is 12.0 Å². The summed E-state index contributed by atoms with van der Waals surface area (Å²) in [7, 11) is 0.